The molecule has 0 spiro atoms. The van der Waals surface area contributed by atoms with Gasteiger partial charge in [-0.05, 0) is 24.5 Å². The van der Waals surface area contributed by atoms with Crippen molar-refractivity contribution in [3.8, 4) is 0 Å². The monoisotopic (exact) mass is 224 g/mol. The molecule has 0 saturated heterocycles. The molecule has 2 aromatic heterocycles. The molecule has 0 atom stereocenters. The Kier molecular flexibility index (Phi) is 2.72. The van der Waals surface area contributed by atoms with Crippen molar-refractivity contribution in [1.29, 1.82) is 0 Å². The van der Waals surface area contributed by atoms with Crippen LogP contribution >= 0.6 is 11.5 Å². The smallest absolute Gasteiger partial charge is 0.436 e. The van der Waals surface area contributed by atoms with E-state index in [1.165, 1.54) is 11.5 Å². The molecule has 2 rings (SSSR count). The molecular weight excluding hydrogens is 216 g/mol. The number of carbonyl (C=O) groups is 1. The molecule has 0 aliphatic carbocycles. The summed E-state index contributed by atoms with van der Waals surface area (Å²) in [6.45, 7) is 2.03. The quantitative estimate of drug-likeness (QED) is 0.720. The maximum Gasteiger partial charge on any atom is 0.436 e. The first-order valence-corrected chi connectivity index (χ1v) is 5.09. The molecular formula is C8H8N4O2S. The number of hydrogen-bond donors (Lipinski definition) is 0. The zero-order chi connectivity index (χ0) is 10.7. The van der Waals surface area contributed by atoms with Crippen LogP contribution in [0.1, 0.15) is 6.92 Å². The fourth-order valence-corrected chi connectivity index (χ4v) is 1.69. The van der Waals surface area contributed by atoms with E-state index in [1.807, 2.05) is 0 Å². The third-order valence-corrected chi connectivity index (χ3v) is 2.35. The number of hydrogen-bond acceptors (Lipinski definition) is 5. The lowest BCUT2D eigenvalue weighted by atomic mass is 10.7. The number of carbonyl (C=O) groups excluding carboxylic acids is 1. The number of rotatable bonds is 1. The van der Waals surface area contributed by atoms with Gasteiger partial charge in [-0.1, -0.05) is 0 Å². The molecule has 2 heterocycles. The molecule has 0 aliphatic heterocycles. The standard InChI is InChI=1S/C8H8N4O2S/c1-2-14-8(13)11-7-10-6-9-4-3-5-12(6)15-7/h3-5H,2H2,1H3/b11-7-. The van der Waals surface area contributed by atoms with Gasteiger partial charge < -0.3 is 4.74 Å². The number of nitrogens with zero attached hydrogens (tertiary/aromatic N) is 4. The van der Waals surface area contributed by atoms with E-state index in [0.717, 1.165) is 0 Å². The first-order valence-electron chi connectivity index (χ1n) is 4.32. The molecule has 2 aromatic rings. The Morgan fingerprint density at radius 3 is 3.33 bits per heavy atom. The molecule has 78 valence electrons. The van der Waals surface area contributed by atoms with Gasteiger partial charge in [0.2, 0.25) is 10.6 Å². The van der Waals surface area contributed by atoms with E-state index in [0.29, 0.717) is 17.2 Å². The van der Waals surface area contributed by atoms with Gasteiger partial charge >= 0.3 is 6.09 Å². The fourth-order valence-electron chi connectivity index (χ4n) is 0.973. The molecule has 0 aromatic carbocycles. The van der Waals surface area contributed by atoms with Crippen LogP contribution in [0.25, 0.3) is 5.78 Å². The lowest BCUT2D eigenvalue weighted by molar-refractivity contribution is 0.162. The highest BCUT2D eigenvalue weighted by molar-refractivity contribution is 7.03. The Morgan fingerprint density at radius 2 is 2.60 bits per heavy atom. The van der Waals surface area contributed by atoms with E-state index in [4.69, 9.17) is 0 Å². The molecule has 15 heavy (non-hydrogen) atoms. The van der Waals surface area contributed by atoms with E-state index < -0.39 is 6.09 Å². The lowest BCUT2D eigenvalue weighted by Crippen LogP contribution is -2.06. The zero-order valence-electron chi connectivity index (χ0n) is 7.95. The highest BCUT2D eigenvalue weighted by Crippen LogP contribution is 1.95. The van der Waals surface area contributed by atoms with Crippen molar-refractivity contribution in [3.05, 3.63) is 23.3 Å². The summed E-state index contributed by atoms with van der Waals surface area (Å²) in [6, 6.07) is 1.78. The largest absolute Gasteiger partial charge is 0.448 e. The third kappa shape index (κ3) is 2.18. The van der Waals surface area contributed by atoms with Crippen LogP contribution < -0.4 is 4.80 Å². The van der Waals surface area contributed by atoms with Crippen LogP contribution in [-0.4, -0.2) is 26.5 Å². The predicted molar refractivity (Wildman–Crippen MR) is 53.4 cm³/mol. The lowest BCUT2D eigenvalue weighted by Gasteiger charge is -1.90. The minimum Gasteiger partial charge on any atom is -0.448 e. The van der Waals surface area contributed by atoms with Crippen molar-refractivity contribution < 1.29 is 9.53 Å². The van der Waals surface area contributed by atoms with Gasteiger partial charge in [0.25, 0.3) is 0 Å². The van der Waals surface area contributed by atoms with Crippen molar-refractivity contribution >= 4 is 23.4 Å². The van der Waals surface area contributed by atoms with Crippen molar-refractivity contribution in [2.45, 2.75) is 6.92 Å². The average Bonchev–Trinajstić information content (AvgIpc) is 2.59. The summed E-state index contributed by atoms with van der Waals surface area (Å²) in [5.74, 6) is 0.519. The highest BCUT2D eigenvalue weighted by atomic mass is 32.1. The molecule has 0 radical (unpaired) electrons. The van der Waals surface area contributed by atoms with Crippen LogP contribution in [-0.2, 0) is 4.74 Å². The SMILES string of the molecule is CCOC(=O)/N=c1/nc2ncccn2s1. The highest BCUT2D eigenvalue weighted by Gasteiger charge is 2.00. The molecule has 6 nitrogen and oxygen atoms in total. The average molecular weight is 224 g/mol. The van der Waals surface area contributed by atoms with Gasteiger partial charge in [-0.15, -0.1) is 4.99 Å². The molecule has 1 amide bonds. The minimum absolute atomic E-state index is 0.304. The molecule has 7 heteroatoms. The van der Waals surface area contributed by atoms with Crippen LogP contribution in [0.3, 0.4) is 0 Å². The van der Waals surface area contributed by atoms with E-state index in [1.54, 1.807) is 29.2 Å². The van der Waals surface area contributed by atoms with Gasteiger partial charge in [0.05, 0.1) is 6.61 Å². The number of amides is 1. The summed E-state index contributed by atoms with van der Waals surface area (Å²) in [7, 11) is 0. The van der Waals surface area contributed by atoms with Crippen molar-refractivity contribution in [1.82, 2.24) is 13.8 Å². The van der Waals surface area contributed by atoms with Gasteiger partial charge in [-0.2, -0.15) is 4.98 Å². The van der Waals surface area contributed by atoms with Crippen LogP contribution in [0.5, 0.6) is 0 Å². The van der Waals surface area contributed by atoms with Gasteiger partial charge in [0.15, 0.2) is 0 Å². The van der Waals surface area contributed by atoms with Crippen molar-refractivity contribution in [3.63, 3.8) is 0 Å². The molecule has 0 fully saturated rings. The maximum atomic E-state index is 11.0. The molecule has 0 aliphatic rings. The van der Waals surface area contributed by atoms with Gasteiger partial charge in [-0.3, -0.25) is 0 Å². The summed E-state index contributed by atoms with van der Waals surface area (Å²) in [5.41, 5.74) is 0. The fraction of sp³-hybridized carbons (Fsp3) is 0.250. The van der Waals surface area contributed by atoms with E-state index >= 15 is 0 Å². The Bertz CT molecular complexity index is 509. The second-order valence-electron chi connectivity index (χ2n) is 2.54. The summed E-state index contributed by atoms with van der Waals surface area (Å²) >= 11 is 1.23. The van der Waals surface area contributed by atoms with Crippen molar-refractivity contribution in [2.75, 3.05) is 6.61 Å². The van der Waals surface area contributed by atoms with E-state index in [-0.39, 0.29) is 0 Å². The van der Waals surface area contributed by atoms with Crippen LogP contribution in [0, 0.1) is 0 Å². The number of ether oxygens (including phenoxy) is 1. The predicted octanol–water partition coefficient (Wildman–Crippen LogP) is 0.848. The second kappa shape index (κ2) is 4.18. The first-order chi connectivity index (χ1) is 7.29. The van der Waals surface area contributed by atoms with Crippen LogP contribution in [0.15, 0.2) is 23.5 Å². The molecule has 0 bridgehead atoms. The summed E-state index contributed by atoms with van der Waals surface area (Å²) in [6.07, 6.45) is 2.80. The molecule has 0 N–H and O–H groups in total. The van der Waals surface area contributed by atoms with Gasteiger partial charge in [0.1, 0.15) is 0 Å². The Morgan fingerprint density at radius 1 is 1.73 bits per heavy atom. The Balaban J connectivity index is 2.40. The minimum atomic E-state index is -0.628. The van der Waals surface area contributed by atoms with Crippen LogP contribution in [0.4, 0.5) is 4.79 Å². The third-order valence-electron chi connectivity index (χ3n) is 1.53. The second-order valence-corrected chi connectivity index (χ2v) is 3.48. The van der Waals surface area contributed by atoms with Gasteiger partial charge in [-0.25, -0.2) is 13.6 Å². The summed E-state index contributed by atoms with van der Waals surface area (Å²) in [4.78, 5) is 23.1. The van der Waals surface area contributed by atoms with Crippen LogP contribution in [0.2, 0.25) is 0 Å². The van der Waals surface area contributed by atoms with E-state index in [2.05, 4.69) is 19.7 Å². The maximum absolute atomic E-state index is 11.0. The van der Waals surface area contributed by atoms with E-state index in [9.17, 15) is 4.79 Å². The normalized spacial score (nSPS) is 11.9. The number of fused-ring (bicyclic) bond motifs is 1. The molecule has 0 saturated carbocycles. The number of aromatic nitrogens is 3. The zero-order valence-corrected chi connectivity index (χ0v) is 8.77. The van der Waals surface area contributed by atoms with Gasteiger partial charge in [0, 0.05) is 12.4 Å². The summed E-state index contributed by atoms with van der Waals surface area (Å²) in [5, 5.41) is 0. The van der Waals surface area contributed by atoms with Crippen molar-refractivity contribution in [2.24, 2.45) is 4.99 Å². The first kappa shape index (κ1) is 9.78. The topological polar surface area (TPSA) is 68.8 Å². The molecule has 0 unspecified atom stereocenters. The Hall–Kier alpha value is -1.76. The summed E-state index contributed by atoms with van der Waals surface area (Å²) < 4.78 is 6.39. The Labute approximate surface area is 89.0 Å².